The lowest BCUT2D eigenvalue weighted by molar-refractivity contribution is -0.125. The van der Waals surface area contributed by atoms with Crippen LogP contribution in [0.4, 0.5) is 11.5 Å². The normalized spacial score (nSPS) is 14.2. The maximum Gasteiger partial charge on any atom is 0.223 e. The fourth-order valence-electron chi connectivity index (χ4n) is 3.81. The lowest BCUT2D eigenvalue weighted by Gasteiger charge is -2.32. The summed E-state index contributed by atoms with van der Waals surface area (Å²) in [6.07, 6.45) is 5.11. The van der Waals surface area contributed by atoms with Crippen molar-refractivity contribution in [1.29, 1.82) is 0 Å². The number of amides is 1. The van der Waals surface area contributed by atoms with Gasteiger partial charge in [0.1, 0.15) is 5.03 Å². The van der Waals surface area contributed by atoms with Crippen molar-refractivity contribution in [3.8, 4) is 0 Å². The number of anilines is 2. The van der Waals surface area contributed by atoms with Crippen LogP contribution < -0.4 is 15.1 Å². The Morgan fingerprint density at radius 2 is 1.72 bits per heavy atom. The second-order valence-corrected chi connectivity index (χ2v) is 9.20. The van der Waals surface area contributed by atoms with Crippen molar-refractivity contribution in [2.45, 2.75) is 29.3 Å². The van der Waals surface area contributed by atoms with E-state index in [1.54, 1.807) is 24.2 Å². The minimum atomic E-state index is 0.0363. The first-order chi connectivity index (χ1) is 15.6. The van der Waals surface area contributed by atoms with E-state index in [1.165, 1.54) is 0 Å². The predicted molar refractivity (Wildman–Crippen MR) is 130 cm³/mol. The lowest BCUT2D eigenvalue weighted by atomic mass is 9.96. The summed E-state index contributed by atoms with van der Waals surface area (Å²) < 4.78 is 0. The minimum absolute atomic E-state index is 0.0363. The highest BCUT2D eigenvalue weighted by molar-refractivity contribution is 7.99. The van der Waals surface area contributed by atoms with E-state index >= 15 is 0 Å². The number of aromatic nitrogens is 2. The molecule has 1 aromatic heterocycles. The van der Waals surface area contributed by atoms with Crippen LogP contribution in [-0.4, -0.2) is 43.1 Å². The van der Waals surface area contributed by atoms with Crippen LogP contribution in [0.2, 0.25) is 0 Å². The Bertz CT molecular complexity index is 1020. The molecule has 0 unspecified atom stereocenters. The number of carbonyl (C=O) groups excluding carboxylic acids is 1. The predicted octanol–water partition coefficient (Wildman–Crippen LogP) is 4.23. The Morgan fingerprint density at radius 3 is 2.41 bits per heavy atom. The van der Waals surface area contributed by atoms with E-state index in [4.69, 9.17) is 0 Å². The van der Waals surface area contributed by atoms with Gasteiger partial charge in [-0.25, -0.2) is 9.97 Å². The zero-order valence-electron chi connectivity index (χ0n) is 18.6. The SMILES string of the molecule is CN(C)c1ccc(CNC(=O)C2CCN(c3nccnc3Sc3ccccc3)CC2)cc1. The second-order valence-electron chi connectivity index (χ2n) is 8.14. The summed E-state index contributed by atoms with van der Waals surface area (Å²) >= 11 is 1.63. The summed E-state index contributed by atoms with van der Waals surface area (Å²) in [6.45, 7) is 2.17. The van der Waals surface area contributed by atoms with Crippen LogP contribution in [0.5, 0.6) is 0 Å². The highest BCUT2D eigenvalue weighted by atomic mass is 32.2. The third-order valence-electron chi connectivity index (χ3n) is 5.69. The molecule has 1 fully saturated rings. The molecule has 0 saturated carbocycles. The zero-order valence-corrected chi connectivity index (χ0v) is 19.4. The van der Waals surface area contributed by atoms with Crippen LogP contribution in [0.25, 0.3) is 0 Å². The smallest absolute Gasteiger partial charge is 0.223 e. The van der Waals surface area contributed by atoms with Crippen LogP contribution in [0.1, 0.15) is 18.4 Å². The van der Waals surface area contributed by atoms with Gasteiger partial charge in [-0.05, 0) is 42.7 Å². The first-order valence-corrected chi connectivity index (χ1v) is 11.7. The summed E-state index contributed by atoms with van der Waals surface area (Å²) in [7, 11) is 4.04. The van der Waals surface area contributed by atoms with E-state index in [0.717, 1.165) is 52.9 Å². The molecule has 166 valence electrons. The van der Waals surface area contributed by atoms with Gasteiger partial charge in [-0.2, -0.15) is 0 Å². The standard InChI is InChI=1S/C25H29N5OS/c1-29(2)21-10-8-19(9-11-21)18-28-24(31)20-12-16-30(17-13-20)23-25(27-15-14-26-23)32-22-6-4-3-5-7-22/h3-11,14-15,20H,12-13,16-18H2,1-2H3,(H,28,31). The molecule has 1 aliphatic heterocycles. The van der Waals surface area contributed by atoms with Gasteiger partial charge < -0.3 is 15.1 Å². The fraction of sp³-hybridized carbons (Fsp3) is 0.320. The average molecular weight is 448 g/mol. The van der Waals surface area contributed by atoms with Crippen LogP contribution in [0.15, 0.2) is 76.9 Å². The van der Waals surface area contributed by atoms with Crippen LogP contribution >= 0.6 is 11.8 Å². The molecular weight excluding hydrogens is 418 g/mol. The molecule has 32 heavy (non-hydrogen) atoms. The van der Waals surface area contributed by atoms with Gasteiger partial charge in [-0.3, -0.25) is 4.79 Å². The summed E-state index contributed by atoms with van der Waals surface area (Å²) in [5.41, 5.74) is 2.27. The van der Waals surface area contributed by atoms with Gasteiger partial charge in [0.15, 0.2) is 5.82 Å². The van der Waals surface area contributed by atoms with Gasteiger partial charge in [0.2, 0.25) is 5.91 Å². The van der Waals surface area contributed by atoms with Crippen LogP contribution in [0, 0.1) is 5.92 Å². The van der Waals surface area contributed by atoms with E-state index in [0.29, 0.717) is 6.54 Å². The topological polar surface area (TPSA) is 61.4 Å². The van der Waals surface area contributed by atoms with Crippen molar-refractivity contribution < 1.29 is 4.79 Å². The highest BCUT2D eigenvalue weighted by Gasteiger charge is 2.27. The molecule has 0 spiro atoms. The van der Waals surface area contributed by atoms with Crippen molar-refractivity contribution in [2.24, 2.45) is 5.92 Å². The Kier molecular flexibility index (Phi) is 7.27. The quantitative estimate of drug-likeness (QED) is 0.585. The third kappa shape index (κ3) is 5.59. The lowest BCUT2D eigenvalue weighted by Crippen LogP contribution is -2.41. The number of hydrogen-bond acceptors (Lipinski definition) is 6. The zero-order chi connectivity index (χ0) is 22.3. The van der Waals surface area contributed by atoms with Gasteiger partial charge >= 0.3 is 0 Å². The number of nitrogens with zero attached hydrogens (tertiary/aromatic N) is 4. The van der Waals surface area contributed by atoms with Crippen molar-refractivity contribution in [3.05, 3.63) is 72.6 Å². The molecule has 2 heterocycles. The maximum absolute atomic E-state index is 12.7. The van der Waals surface area contributed by atoms with Crippen molar-refractivity contribution in [3.63, 3.8) is 0 Å². The van der Waals surface area contributed by atoms with Crippen molar-refractivity contribution >= 4 is 29.2 Å². The Morgan fingerprint density at radius 1 is 1.03 bits per heavy atom. The van der Waals surface area contributed by atoms with E-state index < -0.39 is 0 Å². The maximum atomic E-state index is 12.7. The second kappa shape index (κ2) is 10.5. The molecule has 2 aromatic carbocycles. The summed E-state index contributed by atoms with van der Waals surface area (Å²) in [5, 5.41) is 4.02. The molecule has 1 aliphatic rings. The first-order valence-electron chi connectivity index (χ1n) is 10.9. The van der Waals surface area contributed by atoms with Crippen molar-refractivity contribution in [2.75, 3.05) is 37.0 Å². The number of piperidine rings is 1. The fourth-order valence-corrected chi connectivity index (χ4v) is 4.71. The van der Waals surface area contributed by atoms with Gasteiger partial charge in [-0.1, -0.05) is 42.1 Å². The molecule has 4 rings (SSSR count). The van der Waals surface area contributed by atoms with Crippen LogP contribution in [0.3, 0.4) is 0 Å². The number of nitrogens with one attached hydrogen (secondary N) is 1. The molecule has 6 nitrogen and oxygen atoms in total. The number of benzene rings is 2. The molecule has 1 amide bonds. The first kappa shape index (κ1) is 22.1. The Hall–Kier alpha value is -3.06. The molecule has 7 heteroatoms. The van der Waals surface area contributed by atoms with E-state index in [2.05, 4.69) is 61.5 Å². The van der Waals surface area contributed by atoms with Crippen LogP contribution in [-0.2, 0) is 11.3 Å². The molecule has 1 saturated heterocycles. The van der Waals surface area contributed by atoms with Gasteiger partial charge in [0.05, 0.1) is 0 Å². The largest absolute Gasteiger partial charge is 0.378 e. The number of rotatable bonds is 7. The summed E-state index contributed by atoms with van der Waals surface area (Å²) in [5.74, 6) is 1.08. The summed E-state index contributed by atoms with van der Waals surface area (Å²) in [6, 6.07) is 18.5. The number of carbonyl (C=O) groups is 1. The molecule has 1 N–H and O–H groups in total. The van der Waals surface area contributed by atoms with E-state index in [1.807, 2.05) is 32.3 Å². The Balaban J connectivity index is 1.31. The minimum Gasteiger partial charge on any atom is -0.378 e. The molecule has 0 bridgehead atoms. The summed E-state index contributed by atoms with van der Waals surface area (Å²) in [4.78, 5) is 27.3. The monoisotopic (exact) mass is 447 g/mol. The third-order valence-corrected chi connectivity index (χ3v) is 6.68. The van der Waals surface area contributed by atoms with Gasteiger partial charge in [0, 0.05) is 62.6 Å². The molecule has 3 aromatic rings. The van der Waals surface area contributed by atoms with E-state index in [-0.39, 0.29) is 11.8 Å². The molecule has 0 radical (unpaired) electrons. The molecule has 0 atom stereocenters. The molecular formula is C25H29N5OS. The number of hydrogen-bond donors (Lipinski definition) is 1. The van der Waals surface area contributed by atoms with Gasteiger partial charge in [0.25, 0.3) is 0 Å². The molecule has 0 aliphatic carbocycles. The average Bonchev–Trinajstić information content (AvgIpc) is 2.84. The van der Waals surface area contributed by atoms with Gasteiger partial charge in [-0.15, -0.1) is 0 Å². The van der Waals surface area contributed by atoms with E-state index in [9.17, 15) is 4.79 Å². The Labute approximate surface area is 194 Å². The van der Waals surface area contributed by atoms with Crippen molar-refractivity contribution in [1.82, 2.24) is 15.3 Å². The highest BCUT2D eigenvalue weighted by Crippen LogP contribution is 2.33.